The van der Waals surface area contributed by atoms with Crippen LogP contribution in [0.4, 0.5) is 10.2 Å². The maximum absolute atomic E-state index is 13.3. The lowest BCUT2D eigenvalue weighted by molar-refractivity contribution is -0.139. The van der Waals surface area contributed by atoms with E-state index >= 15 is 0 Å². The minimum atomic E-state index is -0.345. The van der Waals surface area contributed by atoms with E-state index in [-0.39, 0.29) is 23.5 Å². The molecule has 0 spiro atoms. The Bertz CT molecular complexity index is 1020. The number of halogens is 1. The highest BCUT2D eigenvalue weighted by molar-refractivity contribution is 5.94. The van der Waals surface area contributed by atoms with Gasteiger partial charge >= 0.3 is 0 Å². The molecule has 36 heavy (non-hydrogen) atoms. The highest BCUT2D eigenvalue weighted by atomic mass is 19.1. The predicted octanol–water partition coefficient (Wildman–Crippen LogP) is 3.13. The third kappa shape index (κ3) is 5.86. The summed E-state index contributed by atoms with van der Waals surface area (Å²) in [5, 5.41) is 0. The molecule has 1 atom stereocenters. The van der Waals surface area contributed by atoms with Gasteiger partial charge in [-0.05, 0) is 68.0 Å². The molecule has 1 aromatic heterocycles. The standard InChI is InChI=1S/C28H36FN5O2/c29-25-8-6-23(7-9-25)27(35)33-14-10-24(11-15-33)28(36)34-13-3-4-22(21-34)20-31-16-18-32(19-17-31)26-5-1-2-12-30-26/h1-2,5-9,12,22,24H,3-4,10-11,13-21H2. The average Bonchev–Trinajstić information content (AvgIpc) is 2.94. The van der Waals surface area contributed by atoms with E-state index in [1.165, 1.54) is 30.7 Å². The summed E-state index contributed by atoms with van der Waals surface area (Å²) in [6, 6.07) is 11.8. The Morgan fingerprint density at radius 2 is 1.61 bits per heavy atom. The van der Waals surface area contributed by atoms with Crippen molar-refractivity contribution in [2.24, 2.45) is 11.8 Å². The van der Waals surface area contributed by atoms with Crippen LogP contribution in [0.1, 0.15) is 36.0 Å². The third-order valence-corrected chi connectivity index (χ3v) is 7.92. The van der Waals surface area contributed by atoms with Crippen molar-refractivity contribution in [3.63, 3.8) is 0 Å². The molecular formula is C28H36FN5O2. The van der Waals surface area contributed by atoms with E-state index in [9.17, 15) is 14.0 Å². The van der Waals surface area contributed by atoms with Gasteiger partial charge in [0.15, 0.2) is 0 Å². The van der Waals surface area contributed by atoms with E-state index in [0.717, 1.165) is 58.1 Å². The number of piperidine rings is 2. The highest BCUT2D eigenvalue weighted by Crippen LogP contribution is 2.25. The van der Waals surface area contributed by atoms with Gasteiger partial charge in [-0.25, -0.2) is 9.37 Å². The van der Waals surface area contributed by atoms with Crippen LogP contribution in [-0.2, 0) is 4.79 Å². The Labute approximate surface area is 212 Å². The molecule has 0 saturated carbocycles. The van der Waals surface area contributed by atoms with Gasteiger partial charge < -0.3 is 14.7 Å². The molecule has 0 bridgehead atoms. The van der Waals surface area contributed by atoms with Crippen molar-refractivity contribution >= 4 is 17.6 Å². The second-order valence-electron chi connectivity index (χ2n) is 10.3. The molecule has 8 heteroatoms. The molecule has 0 N–H and O–H groups in total. The molecule has 0 aliphatic carbocycles. The van der Waals surface area contributed by atoms with Gasteiger partial charge in [0.2, 0.25) is 5.91 Å². The molecule has 2 amide bonds. The second-order valence-corrected chi connectivity index (χ2v) is 10.3. The first-order chi connectivity index (χ1) is 17.6. The fraction of sp³-hybridized carbons (Fsp3) is 0.536. The van der Waals surface area contributed by atoms with E-state index in [0.29, 0.717) is 37.4 Å². The third-order valence-electron chi connectivity index (χ3n) is 7.92. The fourth-order valence-corrected chi connectivity index (χ4v) is 5.84. The summed E-state index contributed by atoms with van der Waals surface area (Å²) >= 11 is 0. The number of pyridine rings is 1. The zero-order valence-corrected chi connectivity index (χ0v) is 20.9. The molecule has 192 valence electrons. The van der Waals surface area contributed by atoms with Crippen LogP contribution in [0.25, 0.3) is 0 Å². The number of aromatic nitrogens is 1. The van der Waals surface area contributed by atoms with Crippen LogP contribution >= 0.6 is 0 Å². The minimum Gasteiger partial charge on any atom is -0.354 e. The van der Waals surface area contributed by atoms with Crippen molar-refractivity contribution in [1.29, 1.82) is 0 Å². The maximum Gasteiger partial charge on any atom is 0.253 e. The van der Waals surface area contributed by atoms with E-state index in [4.69, 9.17) is 0 Å². The molecule has 4 heterocycles. The lowest BCUT2D eigenvalue weighted by Gasteiger charge is -2.41. The van der Waals surface area contributed by atoms with Gasteiger partial charge in [-0.1, -0.05) is 6.07 Å². The summed E-state index contributed by atoms with van der Waals surface area (Å²) in [6.45, 7) is 7.91. The monoisotopic (exact) mass is 493 g/mol. The molecule has 1 aromatic carbocycles. The van der Waals surface area contributed by atoms with Crippen LogP contribution in [0.3, 0.4) is 0 Å². The average molecular weight is 494 g/mol. The highest BCUT2D eigenvalue weighted by Gasteiger charge is 2.33. The maximum atomic E-state index is 13.3. The number of benzene rings is 1. The van der Waals surface area contributed by atoms with Gasteiger partial charge in [0.05, 0.1) is 0 Å². The van der Waals surface area contributed by atoms with E-state index in [2.05, 4.69) is 25.8 Å². The number of amides is 2. The number of anilines is 1. The van der Waals surface area contributed by atoms with Crippen molar-refractivity contribution in [3.05, 3.63) is 60.0 Å². The van der Waals surface area contributed by atoms with Crippen LogP contribution in [0, 0.1) is 17.7 Å². The lowest BCUT2D eigenvalue weighted by atomic mass is 9.91. The Hall–Kier alpha value is -3.00. The van der Waals surface area contributed by atoms with E-state index in [1.54, 1.807) is 4.90 Å². The summed E-state index contributed by atoms with van der Waals surface area (Å²) in [7, 11) is 0. The van der Waals surface area contributed by atoms with Crippen molar-refractivity contribution in [3.8, 4) is 0 Å². The smallest absolute Gasteiger partial charge is 0.253 e. The number of likely N-dealkylation sites (tertiary alicyclic amines) is 2. The van der Waals surface area contributed by atoms with Crippen LogP contribution in [-0.4, -0.2) is 90.4 Å². The van der Waals surface area contributed by atoms with E-state index < -0.39 is 0 Å². The Morgan fingerprint density at radius 1 is 0.861 bits per heavy atom. The van der Waals surface area contributed by atoms with Crippen molar-refractivity contribution in [1.82, 2.24) is 19.7 Å². The summed E-state index contributed by atoms with van der Waals surface area (Å²) in [5.74, 6) is 1.39. The number of piperazine rings is 1. The summed E-state index contributed by atoms with van der Waals surface area (Å²) in [6.07, 6.45) is 5.48. The Balaban J connectivity index is 1.07. The van der Waals surface area contributed by atoms with Crippen molar-refractivity contribution in [2.45, 2.75) is 25.7 Å². The molecule has 7 nitrogen and oxygen atoms in total. The number of nitrogens with zero attached hydrogens (tertiary/aromatic N) is 5. The van der Waals surface area contributed by atoms with Gasteiger partial charge in [0.1, 0.15) is 11.6 Å². The number of hydrogen-bond donors (Lipinski definition) is 0. The first-order valence-electron chi connectivity index (χ1n) is 13.3. The molecule has 3 aliphatic heterocycles. The van der Waals surface area contributed by atoms with Gasteiger partial charge in [-0.3, -0.25) is 14.5 Å². The zero-order chi connectivity index (χ0) is 24.9. The summed E-state index contributed by atoms with van der Waals surface area (Å²) in [5.41, 5.74) is 0.501. The number of carbonyl (C=O) groups is 2. The van der Waals surface area contributed by atoms with Crippen LogP contribution in [0.5, 0.6) is 0 Å². The molecule has 5 rings (SSSR count). The number of carbonyl (C=O) groups excluding carboxylic acids is 2. The number of rotatable bonds is 5. The first-order valence-corrected chi connectivity index (χ1v) is 13.3. The quantitative estimate of drug-likeness (QED) is 0.641. The molecule has 3 aliphatic rings. The van der Waals surface area contributed by atoms with Crippen LogP contribution in [0.2, 0.25) is 0 Å². The second kappa shape index (κ2) is 11.4. The molecule has 3 saturated heterocycles. The number of hydrogen-bond acceptors (Lipinski definition) is 5. The van der Waals surface area contributed by atoms with Gasteiger partial charge in [0, 0.05) is 76.6 Å². The van der Waals surface area contributed by atoms with Gasteiger partial charge in [-0.2, -0.15) is 0 Å². The topological polar surface area (TPSA) is 60.0 Å². The van der Waals surface area contributed by atoms with Crippen molar-refractivity contribution < 1.29 is 14.0 Å². The van der Waals surface area contributed by atoms with Gasteiger partial charge in [-0.15, -0.1) is 0 Å². The predicted molar refractivity (Wildman–Crippen MR) is 137 cm³/mol. The molecule has 3 fully saturated rings. The Morgan fingerprint density at radius 3 is 2.31 bits per heavy atom. The van der Waals surface area contributed by atoms with Crippen molar-refractivity contribution in [2.75, 3.05) is 63.8 Å². The van der Waals surface area contributed by atoms with Gasteiger partial charge in [0.25, 0.3) is 5.91 Å². The summed E-state index contributed by atoms with van der Waals surface area (Å²) in [4.78, 5) is 39.3. The molecule has 1 unspecified atom stereocenters. The van der Waals surface area contributed by atoms with Crippen LogP contribution < -0.4 is 4.90 Å². The minimum absolute atomic E-state index is 0.0112. The Kier molecular flexibility index (Phi) is 7.80. The first kappa shape index (κ1) is 24.7. The fourth-order valence-electron chi connectivity index (χ4n) is 5.84. The normalized spacial score (nSPS) is 22.0. The largest absolute Gasteiger partial charge is 0.354 e. The summed E-state index contributed by atoms with van der Waals surface area (Å²) < 4.78 is 13.2. The van der Waals surface area contributed by atoms with E-state index in [1.807, 2.05) is 18.3 Å². The SMILES string of the molecule is O=C(c1ccc(F)cc1)N1CCC(C(=O)N2CCCC(CN3CCN(c4ccccn4)CC3)C2)CC1. The molecular weight excluding hydrogens is 457 g/mol. The van der Waals surface area contributed by atoms with Crippen LogP contribution in [0.15, 0.2) is 48.7 Å². The molecule has 2 aromatic rings. The lowest BCUT2D eigenvalue weighted by Crippen LogP contribution is -2.51. The molecule has 0 radical (unpaired) electrons. The zero-order valence-electron chi connectivity index (χ0n) is 20.9.